The van der Waals surface area contributed by atoms with Gasteiger partial charge < -0.3 is 5.32 Å². The molecule has 0 saturated carbocycles. The molecule has 3 heterocycles. The molecule has 0 aliphatic carbocycles. The summed E-state index contributed by atoms with van der Waals surface area (Å²) in [5.41, 5.74) is 2.46. The Hall–Kier alpha value is -2.54. The second-order valence-electron chi connectivity index (χ2n) is 5.52. The molecule has 1 N–H and O–H groups in total. The zero-order valence-corrected chi connectivity index (χ0v) is 13.0. The fourth-order valence-electron chi connectivity index (χ4n) is 2.70. The number of fused-ring (bicyclic) bond motifs is 1. The summed E-state index contributed by atoms with van der Waals surface area (Å²) in [5, 5.41) is 7.20. The first-order valence-electron chi connectivity index (χ1n) is 7.68. The number of aryl methyl sites for hydroxylation is 1. The van der Waals surface area contributed by atoms with Gasteiger partial charge in [-0.3, -0.25) is 19.5 Å². The third-order valence-corrected chi connectivity index (χ3v) is 3.84. The summed E-state index contributed by atoms with van der Waals surface area (Å²) in [6.07, 6.45) is 4.02. The van der Waals surface area contributed by atoms with Crippen LogP contribution in [-0.4, -0.2) is 38.7 Å². The van der Waals surface area contributed by atoms with Crippen molar-refractivity contribution in [3.63, 3.8) is 0 Å². The van der Waals surface area contributed by atoms with Crippen molar-refractivity contribution in [1.82, 2.24) is 19.7 Å². The largest absolute Gasteiger partial charge is 0.324 e. The van der Waals surface area contributed by atoms with Gasteiger partial charge >= 0.3 is 0 Å². The minimum Gasteiger partial charge on any atom is -0.324 e. The maximum atomic E-state index is 12.1. The van der Waals surface area contributed by atoms with E-state index in [2.05, 4.69) is 15.4 Å². The third-order valence-electron chi connectivity index (χ3n) is 3.84. The fourth-order valence-corrected chi connectivity index (χ4v) is 2.70. The molecule has 2 aromatic heterocycles. The minimum atomic E-state index is -0.0899. The van der Waals surface area contributed by atoms with Crippen molar-refractivity contribution < 1.29 is 4.79 Å². The number of aromatic nitrogens is 3. The molecule has 0 atom stereocenters. The number of hydrogen-bond acceptors (Lipinski definition) is 5. The molecule has 0 aromatic carbocycles. The highest BCUT2D eigenvalue weighted by Gasteiger charge is 2.20. The van der Waals surface area contributed by atoms with E-state index in [-0.39, 0.29) is 18.0 Å². The van der Waals surface area contributed by atoms with Gasteiger partial charge in [-0.2, -0.15) is 5.10 Å². The monoisotopic (exact) mass is 313 g/mol. The number of pyridine rings is 1. The van der Waals surface area contributed by atoms with Crippen LogP contribution in [-0.2, 0) is 24.3 Å². The highest BCUT2D eigenvalue weighted by Crippen LogP contribution is 2.15. The van der Waals surface area contributed by atoms with E-state index in [1.54, 1.807) is 30.6 Å². The smallest absolute Gasteiger partial charge is 0.267 e. The van der Waals surface area contributed by atoms with Crippen molar-refractivity contribution in [1.29, 1.82) is 0 Å². The zero-order chi connectivity index (χ0) is 16.2. The lowest BCUT2D eigenvalue weighted by molar-refractivity contribution is -0.117. The molecule has 23 heavy (non-hydrogen) atoms. The summed E-state index contributed by atoms with van der Waals surface area (Å²) in [7, 11) is 0. The Bertz CT molecular complexity index is 757. The lowest BCUT2D eigenvalue weighted by Crippen LogP contribution is -2.39. The third kappa shape index (κ3) is 3.62. The molecule has 0 unspecified atom stereocenters. The van der Waals surface area contributed by atoms with Gasteiger partial charge in [0, 0.05) is 38.3 Å². The van der Waals surface area contributed by atoms with Crippen LogP contribution in [0, 0.1) is 0 Å². The molecule has 2 aromatic rings. The summed E-state index contributed by atoms with van der Waals surface area (Å²) in [4.78, 5) is 30.0. The summed E-state index contributed by atoms with van der Waals surface area (Å²) >= 11 is 0. The van der Waals surface area contributed by atoms with E-state index in [9.17, 15) is 9.59 Å². The number of carbonyl (C=O) groups excluding carboxylic acids is 1. The Balaban J connectivity index is 1.64. The van der Waals surface area contributed by atoms with E-state index in [1.807, 2.05) is 11.8 Å². The maximum absolute atomic E-state index is 12.1. The molecule has 0 fully saturated rings. The number of rotatable bonds is 4. The van der Waals surface area contributed by atoms with Crippen LogP contribution >= 0.6 is 0 Å². The second kappa shape index (κ2) is 6.70. The highest BCUT2D eigenvalue weighted by molar-refractivity contribution is 5.92. The zero-order valence-electron chi connectivity index (χ0n) is 13.0. The molecule has 0 saturated heterocycles. The van der Waals surface area contributed by atoms with Gasteiger partial charge in [-0.1, -0.05) is 0 Å². The first-order chi connectivity index (χ1) is 11.2. The number of anilines is 1. The van der Waals surface area contributed by atoms with Crippen LogP contribution in [0.15, 0.2) is 35.4 Å². The normalized spacial score (nSPS) is 14.3. The van der Waals surface area contributed by atoms with Gasteiger partial charge in [0.25, 0.3) is 5.56 Å². The molecule has 7 nitrogen and oxygen atoms in total. The maximum Gasteiger partial charge on any atom is 0.267 e. The van der Waals surface area contributed by atoms with Crippen molar-refractivity contribution in [3.05, 3.63) is 52.2 Å². The predicted octanol–water partition coefficient (Wildman–Crippen LogP) is 0.655. The number of hydrogen-bond donors (Lipinski definition) is 1. The van der Waals surface area contributed by atoms with Crippen molar-refractivity contribution >= 4 is 11.6 Å². The van der Waals surface area contributed by atoms with Gasteiger partial charge in [-0.05, 0) is 24.6 Å². The Kier molecular flexibility index (Phi) is 4.47. The second-order valence-corrected chi connectivity index (χ2v) is 5.52. The van der Waals surface area contributed by atoms with Crippen LogP contribution in [0.25, 0.3) is 0 Å². The quantitative estimate of drug-likeness (QED) is 0.897. The van der Waals surface area contributed by atoms with Crippen molar-refractivity contribution in [2.45, 2.75) is 26.4 Å². The van der Waals surface area contributed by atoms with Crippen LogP contribution in [0.1, 0.15) is 18.2 Å². The molecule has 1 aliphatic rings. The van der Waals surface area contributed by atoms with E-state index in [1.165, 1.54) is 4.68 Å². The molecule has 7 heteroatoms. The average Bonchev–Trinajstić information content (AvgIpc) is 2.55. The molecule has 120 valence electrons. The van der Waals surface area contributed by atoms with Crippen molar-refractivity contribution in [2.24, 2.45) is 0 Å². The Morgan fingerprint density at radius 3 is 3.04 bits per heavy atom. The van der Waals surface area contributed by atoms with Gasteiger partial charge in [0.05, 0.1) is 24.1 Å². The SMILES string of the molecule is CCn1nc2c(cc1=O)CN(CC(=O)Nc1cccnc1)CC2. The molecule has 0 radical (unpaired) electrons. The van der Waals surface area contributed by atoms with Crippen LogP contribution < -0.4 is 10.9 Å². The van der Waals surface area contributed by atoms with Gasteiger partial charge in [0.2, 0.25) is 5.91 Å². The first-order valence-corrected chi connectivity index (χ1v) is 7.68. The van der Waals surface area contributed by atoms with E-state index >= 15 is 0 Å². The molecule has 3 rings (SSSR count). The molecular formula is C16H19N5O2. The molecule has 1 aliphatic heterocycles. The number of amides is 1. The van der Waals surface area contributed by atoms with Crippen molar-refractivity contribution in [2.75, 3.05) is 18.4 Å². The number of nitrogens with zero attached hydrogens (tertiary/aromatic N) is 4. The Labute approximate surface area is 134 Å². The van der Waals surface area contributed by atoms with Gasteiger partial charge in [-0.15, -0.1) is 0 Å². The Morgan fingerprint density at radius 2 is 2.30 bits per heavy atom. The number of carbonyl (C=O) groups is 1. The lowest BCUT2D eigenvalue weighted by Gasteiger charge is -2.27. The van der Waals surface area contributed by atoms with Crippen LogP contribution in [0.5, 0.6) is 0 Å². The van der Waals surface area contributed by atoms with Crippen LogP contribution in [0.2, 0.25) is 0 Å². The van der Waals surface area contributed by atoms with E-state index in [4.69, 9.17) is 0 Å². The lowest BCUT2D eigenvalue weighted by atomic mass is 10.1. The van der Waals surface area contributed by atoms with E-state index in [0.717, 1.165) is 24.2 Å². The van der Waals surface area contributed by atoms with E-state index in [0.29, 0.717) is 18.8 Å². The fraction of sp³-hybridized carbons (Fsp3) is 0.375. The number of nitrogens with one attached hydrogen (secondary N) is 1. The molecule has 0 bridgehead atoms. The topological polar surface area (TPSA) is 80.1 Å². The highest BCUT2D eigenvalue weighted by atomic mass is 16.2. The van der Waals surface area contributed by atoms with Gasteiger partial charge in [0.15, 0.2) is 0 Å². The average molecular weight is 313 g/mol. The summed E-state index contributed by atoms with van der Waals surface area (Å²) in [5.74, 6) is -0.0868. The van der Waals surface area contributed by atoms with Gasteiger partial charge in [-0.25, -0.2) is 4.68 Å². The molecular weight excluding hydrogens is 294 g/mol. The molecule has 0 spiro atoms. The predicted molar refractivity (Wildman–Crippen MR) is 86.0 cm³/mol. The first kappa shape index (κ1) is 15.4. The van der Waals surface area contributed by atoms with Crippen molar-refractivity contribution in [3.8, 4) is 0 Å². The van der Waals surface area contributed by atoms with E-state index < -0.39 is 0 Å². The standard InChI is InChI=1S/C16H19N5O2/c1-2-21-16(23)8-12-10-20(7-5-14(12)19-21)11-15(22)18-13-4-3-6-17-9-13/h3-4,6,8-9H,2,5,7,10-11H2,1H3,(H,18,22). The summed E-state index contributed by atoms with van der Waals surface area (Å²) in [6, 6.07) is 5.21. The Morgan fingerprint density at radius 1 is 1.43 bits per heavy atom. The summed E-state index contributed by atoms with van der Waals surface area (Å²) in [6.45, 7) is 4.08. The summed E-state index contributed by atoms with van der Waals surface area (Å²) < 4.78 is 1.48. The molecule has 1 amide bonds. The van der Waals surface area contributed by atoms with Gasteiger partial charge in [0.1, 0.15) is 0 Å². The van der Waals surface area contributed by atoms with Crippen LogP contribution in [0.4, 0.5) is 5.69 Å². The van der Waals surface area contributed by atoms with Crippen LogP contribution in [0.3, 0.4) is 0 Å². The minimum absolute atomic E-state index is 0.0868.